The predicted molar refractivity (Wildman–Crippen MR) is 220 cm³/mol. The van der Waals surface area contributed by atoms with Gasteiger partial charge in [0.25, 0.3) is 0 Å². The van der Waals surface area contributed by atoms with Crippen molar-refractivity contribution in [2.75, 3.05) is 0 Å². The average Bonchev–Trinajstić information content (AvgIpc) is 3.04. The van der Waals surface area contributed by atoms with E-state index in [1.54, 1.807) is 0 Å². The van der Waals surface area contributed by atoms with Crippen molar-refractivity contribution in [2.45, 2.75) is 244 Å². The second kappa shape index (κ2) is 16.9. The molecule has 0 bridgehead atoms. The van der Waals surface area contributed by atoms with Crippen molar-refractivity contribution in [3.63, 3.8) is 0 Å². The molecule has 4 rings (SSSR count). The van der Waals surface area contributed by atoms with E-state index in [9.17, 15) is 40.0 Å². The normalized spacial score (nSPS) is 28.3. The van der Waals surface area contributed by atoms with Crippen molar-refractivity contribution >= 4 is 23.9 Å². The second-order valence-electron chi connectivity index (χ2n) is 23.3. The minimum atomic E-state index is -1.54. The third kappa shape index (κ3) is 11.2. The van der Waals surface area contributed by atoms with Gasteiger partial charge < -0.3 is 39.8 Å². The molecular formula is C44H78N4O12. The number of rotatable bonds is 11. The molecule has 4 heterocycles. The summed E-state index contributed by atoms with van der Waals surface area (Å²) >= 11 is 0. The monoisotopic (exact) mass is 855 g/mol. The highest BCUT2D eigenvalue weighted by Crippen LogP contribution is 2.43. The van der Waals surface area contributed by atoms with Crippen molar-refractivity contribution in [3.8, 4) is 0 Å². The van der Waals surface area contributed by atoms with Gasteiger partial charge in [-0.3, -0.25) is 19.2 Å². The Hall–Kier alpha value is -2.44. The summed E-state index contributed by atoms with van der Waals surface area (Å²) < 4.78 is 24.4. The fourth-order valence-electron chi connectivity index (χ4n) is 11.2. The SMILES string of the molecule is CC1(C)CC(OC(=O)CC(C(=O)OC2CC(C)(C)N(O)C(C)(C)C2)[C@@H](CC(=O)OC2CC(C)(C)N(O)C(C)(C)C2)C(=O)OC2CC(C)(C)N(O)C(C)(C)C2)CC(C)(C)N1O. The fourth-order valence-corrected chi connectivity index (χ4v) is 11.2. The maximum absolute atomic E-state index is 14.7. The van der Waals surface area contributed by atoms with Crippen molar-refractivity contribution in [2.24, 2.45) is 11.8 Å². The van der Waals surface area contributed by atoms with E-state index in [4.69, 9.17) is 18.9 Å². The Kier molecular flexibility index (Phi) is 14.2. The number of piperidine rings is 4. The van der Waals surface area contributed by atoms with Gasteiger partial charge in [0.2, 0.25) is 0 Å². The molecule has 0 saturated carbocycles. The number of carbonyl (C=O) groups is 4. The number of ether oxygens (including phenoxy) is 4. The number of carbonyl (C=O) groups excluding carboxylic acids is 4. The third-order valence-electron chi connectivity index (χ3n) is 13.4. The molecule has 0 aromatic carbocycles. The first-order chi connectivity index (χ1) is 26.9. The number of nitrogens with zero attached hydrogens (tertiary/aromatic N) is 4. The van der Waals surface area contributed by atoms with Gasteiger partial charge in [0.15, 0.2) is 0 Å². The van der Waals surface area contributed by atoms with Crippen LogP contribution in [0, 0.1) is 11.8 Å². The van der Waals surface area contributed by atoms with Gasteiger partial charge in [0.1, 0.15) is 24.4 Å². The highest BCUT2D eigenvalue weighted by atomic mass is 16.6. The zero-order valence-corrected chi connectivity index (χ0v) is 39.4. The van der Waals surface area contributed by atoms with E-state index < -0.39 is 117 Å². The Morgan fingerprint density at radius 3 is 0.733 bits per heavy atom. The topological polar surface area (TPSA) is 199 Å². The lowest BCUT2D eigenvalue weighted by Gasteiger charge is -2.51. The molecule has 346 valence electrons. The molecule has 2 atom stereocenters. The van der Waals surface area contributed by atoms with Crippen LogP contribution in [-0.4, -0.2) is 134 Å². The molecule has 60 heavy (non-hydrogen) atoms. The first kappa shape index (κ1) is 50.2. The highest BCUT2D eigenvalue weighted by molar-refractivity contribution is 5.88. The van der Waals surface area contributed by atoms with E-state index in [-0.39, 0.29) is 25.7 Å². The van der Waals surface area contributed by atoms with Crippen LogP contribution in [0.3, 0.4) is 0 Å². The zero-order chi connectivity index (χ0) is 46.0. The molecule has 16 nitrogen and oxygen atoms in total. The standard InChI is InChI=1S/C44H78N4O12/c1-37(2)19-27(20-38(3,4)45(37)53)57-33(49)17-31(35(51)59-29-23-41(9,10)47(55)42(11,12)24-29)32(36(52)60-30-25-43(13,14)48(56)44(15,16)26-30)18-34(50)58-28-21-39(5,6)46(54)40(7,8)22-28/h27-32,53-56H,17-26H2,1-16H3/t31-,32?/m1/s1. The lowest BCUT2D eigenvalue weighted by molar-refractivity contribution is -0.262. The Morgan fingerprint density at radius 2 is 0.550 bits per heavy atom. The van der Waals surface area contributed by atoms with Crippen LogP contribution in [0.4, 0.5) is 0 Å². The molecule has 16 heteroatoms. The van der Waals surface area contributed by atoms with Crippen molar-refractivity contribution in [1.29, 1.82) is 0 Å². The van der Waals surface area contributed by atoms with Gasteiger partial charge in [-0.1, -0.05) is 0 Å². The van der Waals surface area contributed by atoms with Crippen LogP contribution in [0.25, 0.3) is 0 Å². The van der Waals surface area contributed by atoms with Crippen LogP contribution in [0.1, 0.15) is 175 Å². The molecule has 0 aromatic rings. The molecule has 4 aliphatic rings. The molecular weight excluding hydrogens is 776 g/mol. The number of hydroxylamine groups is 8. The molecule has 0 radical (unpaired) electrons. The summed E-state index contributed by atoms with van der Waals surface area (Å²) in [4.78, 5) is 57.5. The van der Waals surface area contributed by atoms with E-state index in [2.05, 4.69) is 0 Å². The van der Waals surface area contributed by atoms with E-state index in [1.807, 2.05) is 111 Å². The summed E-state index contributed by atoms with van der Waals surface area (Å²) in [6, 6.07) is 0. The molecule has 4 fully saturated rings. The third-order valence-corrected chi connectivity index (χ3v) is 13.4. The first-order valence-corrected chi connectivity index (χ1v) is 21.7. The Labute approximate surface area is 358 Å². The van der Waals surface area contributed by atoms with Crippen LogP contribution >= 0.6 is 0 Å². The van der Waals surface area contributed by atoms with Crippen molar-refractivity contribution < 1.29 is 59.0 Å². The molecule has 1 unspecified atom stereocenters. The van der Waals surface area contributed by atoms with Gasteiger partial charge in [-0.25, -0.2) is 0 Å². The number of hydrogen-bond donors (Lipinski definition) is 4. The molecule has 4 saturated heterocycles. The zero-order valence-electron chi connectivity index (χ0n) is 39.4. The summed E-state index contributed by atoms with van der Waals surface area (Å²) in [5.74, 6) is -6.44. The van der Waals surface area contributed by atoms with Gasteiger partial charge in [0.05, 0.1) is 24.7 Å². The van der Waals surface area contributed by atoms with Crippen LogP contribution in [-0.2, 0) is 38.1 Å². The van der Waals surface area contributed by atoms with Gasteiger partial charge in [-0.2, -0.15) is 20.3 Å². The lowest BCUT2D eigenvalue weighted by atomic mass is 9.79. The molecule has 0 amide bonds. The van der Waals surface area contributed by atoms with Crippen LogP contribution in [0.5, 0.6) is 0 Å². The molecule has 0 spiro atoms. The second-order valence-corrected chi connectivity index (χ2v) is 23.3. The van der Waals surface area contributed by atoms with E-state index >= 15 is 0 Å². The van der Waals surface area contributed by atoms with Crippen molar-refractivity contribution in [3.05, 3.63) is 0 Å². The molecule has 4 aliphatic heterocycles. The quantitative estimate of drug-likeness (QED) is 0.125. The molecule has 4 N–H and O–H groups in total. The van der Waals surface area contributed by atoms with Crippen LogP contribution in [0.15, 0.2) is 0 Å². The highest BCUT2D eigenvalue weighted by Gasteiger charge is 2.52. The van der Waals surface area contributed by atoms with Gasteiger partial charge in [0, 0.05) is 95.7 Å². The fraction of sp³-hybridized carbons (Fsp3) is 0.909. The van der Waals surface area contributed by atoms with Gasteiger partial charge in [-0.05, 0) is 111 Å². The largest absolute Gasteiger partial charge is 0.462 e. The molecule has 0 aromatic heterocycles. The average molecular weight is 855 g/mol. The Balaban J connectivity index is 1.72. The number of hydrogen-bond acceptors (Lipinski definition) is 16. The maximum Gasteiger partial charge on any atom is 0.310 e. The summed E-state index contributed by atoms with van der Waals surface area (Å²) in [5, 5.41) is 48.8. The lowest BCUT2D eigenvalue weighted by Crippen LogP contribution is -2.61. The van der Waals surface area contributed by atoms with E-state index in [0.29, 0.717) is 25.7 Å². The van der Waals surface area contributed by atoms with Crippen molar-refractivity contribution in [1.82, 2.24) is 20.3 Å². The summed E-state index contributed by atoms with van der Waals surface area (Å²) in [5.41, 5.74) is -6.16. The van der Waals surface area contributed by atoms with E-state index in [0.717, 1.165) is 0 Å². The Bertz CT molecular complexity index is 1420. The number of esters is 4. The summed E-state index contributed by atoms with van der Waals surface area (Å²) in [7, 11) is 0. The predicted octanol–water partition coefficient (Wildman–Crippen LogP) is 6.82. The maximum atomic E-state index is 14.7. The van der Waals surface area contributed by atoms with Crippen LogP contribution < -0.4 is 0 Å². The summed E-state index contributed by atoms with van der Waals surface area (Å²) in [6.07, 6.45) is -1.77. The van der Waals surface area contributed by atoms with E-state index in [1.165, 1.54) is 20.3 Å². The Morgan fingerprint density at radius 1 is 0.383 bits per heavy atom. The first-order valence-electron chi connectivity index (χ1n) is 21.7. The minimum absolute atomic E-state index is 0.246. The van der Waals surface area contributed by atoms with Gasteiger partial charge in [-0.15, -0.1) is 0 Å². The van der Waals surface area contributed by atoms with Crippen LogP contribution in [0.2, 0.25) is 0 Å². The molecule has 0 aliphatic carbocycles. The minimum Gasteiger partial charge on any atom is -0.462 e. The summed E-state index contributed by atoms with van der Waals surface area (Å²) in [6.45, 7) is 29.3. The van der Waals surface area contributed by atoms with Gasteiger partial charge >= 0.3 is 23.9 Å². The smallest absolute Gasteiger partial charge is 0.310 e.